The summed E-state index contributed by atoms with van der Waals surface area (Å²) in [6.07, 6.45) is -0.0507. The van der Waals surface area contributed by atoms with Crippen molar-refractivity contribution in [3.8, 4) is 0 Å². The van der Waals surface area contributed by atoms with E-state index in [1.807, 2.05) is 12.3 Å². The number of hydrogen-bond donors (Lipinski definition) is 2. The largest absolute Gasteiger partial charge is 0.314 e. The summed E-state index contributed by atoms with van der Waals surface area (Å²) in [6.45, 7) is 4.08. The Labute approximate surface area is 122 Å². The van der Waals surface area contributed by atoms with Crippen molar-refractivity contribution in [3.63, 3.8) is 0 Å². The standard InChI is InChI=1S/C11H18N4O3S2/c1-9-8-19-11(13-9)14-10(16)2-7-20(17,18)15-5-3-12-4-6-15/h8,12H,2-7H2,1H3,(H,13,14,16). The normalized spacial score (nSPS) is 17.1. The van der Waals surface area contributed by atoms with E-state index in [0.717, 1.165) is 5.69 Å². The molecule has 1 aliphatic heterocycles. The van der Waals surface area contributed by atoms with Gasteiger partial charge >= 0.3 is 0 Å². The van der Waals surface area contributed by atoms with Gasteiger partial charge in [-0.15, -0.1) is 11.3 Å². The van der Waals surface area contributed by atoms with Gasteiger partial charge in [-0.3, -0.25) is 4.79 Å². The van der Waals surface area contributed by atoms with Gasteiger partial charge in [0.1, 0.15) is 0 Å². The number of thiazole rings is 1. The topological polar surface area (TPSA) is 91.4 Å². The van der Waals surface area contributed by atoms with E-state index in [4.69, 9.17) is 0 Å². The number of aryl methyl sites for hydroxylation is 1. The fraction of sp³-hybridized carbons (Fsp3) is 0.636. The van der Waals surface area contributed by atoms with Gasteiger partial charge in [0.15, 0.2) is 5.13 Å². The second kappa shape index (κ2) is 6.61. The molecule has 0 aliphatic carbocycles. The molecule has 7 nitrogen and oxygen atoms in total. The summed E-state index contributed by atoms with van der Waals surface area (Å²) in [5, 5.41) is 8.04. The molecule has 0 radical (unpaired) electrons. The predicted octanol–water partition coefficient (Wildman–Crippen LogP) is 0.0151. The minimum atomic E-state index is -3.35. The molecule has 0 atom stereocenters. The molecule has 0 bridgehead atoms. The highest BCUT2D eigenvalue weighted by Gasteiger charge is 2.24. The lowest BCUT2D eigenvalue weighted by Crippen LogP contribution is -2.47. The molecule has 0 saturated carbocycles. The van der Waals surface area contributed by atoms with Crippen LogP contribution in [0.3, 0.4) is 0 Å². The van der Waals surface area contributed by atoms with Crippen LogP contribution in [0.2, 0.25) is 0 Å². The first-order valence-electron chi connectivity index (χ1n) is 6.38. The number of nitrogens with one attached hydrogen (secondary N) is 2. The number of sulfonamides is 1. The van der Waals surface area contributed by atoms with E-state index in [-0.39, 0.29) is 18.1 Å². The van der Waals surface area contributed by atoms with Gasteiger partial charge in [0.2, 0.25) is 15.9 Å². The van der Waals surface area contributed by atoms with Crippen LogP contribution in [0.5, 0.6) is 0 Å². The van der Waals surface area contributed by atoms with Crippen LogP contribution in [0.15, 0.2) is 5.38 Å². The van der Waals surface area contributed by atoms with E-state index >= 15 is 0 Å². The Hall–Kier alpha value is -1.03. The number of carbonyl (C=O) groups is 1. The smallest absolute Gasteiger partial charge is 0.227 e. The van der Waals surface area contributed by atoms with Gasteiger partial charge in [-0.05, 0) is 6.92 Å². The summed E-state index contributed by atoms with van der Waals surface area (Å²) in [4.78, 5) is 15.8. The molecule has 2 N–H and O–H groups in total. The maximum atomic E-state index is 12.1. The Morgan fingerprint density at radius 1 is 1.50 bits per heavy atom. The monoisotopic (exact) mass is 318 g/mol. The van der Waals surface area contributed by atoms with Crippen molar-refractivity contribution in [2.24, 2.45) is 0 Å². The maximum Gasteiger partial charge on any atom is 0.227 e. The van der Waals surface area contributed by atoms with Crippen molar-refractivity contribution in [3.05, 3.63) is 11.1 Å². The van der Waals surface area contributed by atoms with Crippen LogP contribution in [0.25, 0.3) is 0 Å². The summed E-state index contributed by atoms with van der Waals surface area (Å²) in [5.74, 6) is -0.485. The highest BCUT2D eigenvalue weighted by atomic mass is 32.2. The number of rotatable bonds is 5. The third kappa shape index (κ3) is 4.23. The fourth-order valence-electron chi connectivity index (χ4n) is 1.87. The summed E-state index contributed by atoms with van der Waals surface area (Å²) >= 11 is 1.33. The summed E-state index contributed by atoms with van der Waals surface area (Å²) in [7, 11) is -3.35. The Balaban J connectivity index is 1.82. The molecule has 0 unspecified atom stereocenters. The van der Waals surface area contributed by atoms with Crippen molar-refractivity contribution in [1.82, 2.24) is 14.6 Å². The fourth-order valence-corrected chi connectivity index (χ4v) is 4.01. The Kier molecular flexibility index (Phi) is 5.08. The molecular weight excluding hydrogens is 300 g/mol. The Morgan fingerprint density at radius 3 is 2.80 bits per heavy atom. The van der Waals surface area contributed by atoms with Crippen LogP contribution in [0, 0.1) is 6.92 Å². The van der Waals surface area contributed by atoms with Crippen molar-refractivity contribution >= 4 is 32.4 Å². The van der Waals surface area contributed by atoms with Crippen molar-refractivity contribution in [2.75, 3.05) is 37.2 Å². The minimum Gasteiger partial charge on any atom is -0.314 e. The molecular formula is C11H18N4O3S2. The Morgan fingerprint density at radius 2 is 2.20 bits per heavy atom. The average molecular weight is 318 g/mol. The van der Waals surface area contributed by atoms with Crippen LogP contribution in [-0.2, 0) is 14.8 Å². The summed E-state index contributed by atoms with van der Waals surface area (Å²) in [5.41, 5.74) is 0.832. The number of hydrogen-bond acceptors (Lipinski definition) is 6. The molecule has 1 fully saturated rings. The van der Waals surface area contributed by atoms with Crippen molar-refractivity contribution < 1.29 is 13.2 Å². The Bertz CT molecular complexity index is 564. The average Bonchev–Trinajstić information content (AvgIpc) is 2.83. The SMILES string of the molecule is Cc1csc(NC(=O)CCS(=O)(=O)N2CCNCC2)n1. The zero-order valence-corrected chi connectivity index (χ0v) is 12.9. The highest BCUT2D eigenvalue weighted by molar-refractivity contribution is 7.89. The summed E-state index contributed by atoms with van der Waals surface area (Å²) in [6, 6.07) is 0. The van der Waals surface area contributed by atoms with Gasteiger partial charge in [0, 0.05) is 38.0 Å². The second-order valence-electron chi connectivity index (χ2n) is 4.56. The molecule has 0 aromatic carbocycles. The molecule has 1 aromatic rings. The zero-order valence-electron chi connectivity index (χ0n) is 11.3. The molecule has 2 rings (SSSR count). The van der Waals surface area contributed by atoms with Gasteiger partial charge in [-0.25, -0.2) is 13.4 Å². The maximum absolute atomic E-state index is 12.1. The first-order chi connectivity index (χ1) is 9.47. The van der Waals surface area contributed by atoms with E-state index in [9.17, 15) is 13.2 Å². The van der Waals surface area contributed by atoms with Crippen molar-refractivity contribution in [1.29, 1.82) is 0 Å². The number of amides is 1. The van der Waals surface area contributed by atoms with Gasteiger partial charge < -0.3 is 10.6 Å². The van der Waals surface area contributed by atoms with E-state index in [2.05, 4.69) is 15.6 Å². The van der Waals surface area contributed by atoms with Gasteiger partial charge in [0.25, 0.3) is 0 Å². The number of carbonyl (C=O) groups excluding carboxylic acids is 1. The molecule has 9 heteroatoms. The number of nitrogens with zero attached hydrogens (tertiary/aromatic N) is 2. The molecule has 1 aromatic heterocycles. The lowest BCUT2D eigenvalue weighted by molar-refractivity contribution is -0.115. The number of aromatic nitrogens is 1. The third-order valence-corrected chi connectivity index (χ3v) is 5.67. The van der Waals surface area contributed by atoms with E-state index in [1.54, 1.807) is 0 Å². The third-order valence-electron chi connectivity index (χ3n) is 2.92. The van der Waals surface area contributed by atoms with Crippen molar-refractivity contribution in [2.45, 2.75) is 13.3 Å². The van der Waals surface area contributed by atoms with Crippen LogP contribution in [-0.4, -0.2) is 55.5 Å². The van der Waals surface area contributed by atoms with E-state index < -0.39 is 10.0 Å². The molecule has 1 amide bonds. The first-order valence-corrected chi connectivity index (χ1v) is 8.87. The van der Waals surface area contributed by atoms with Crippen LogP contribution < -0.4 is 10.6 Å². The van der Waals surface area contributed by atoms with Crippen LogP contribution in [0.4, 0.5) is 5.13 Å². The molecule has 1 saturated heterocycles. The van der Waals surface area contributed by atoms with Gasteiger partial charge in [-0.1, -0.05) is 0 Å². The lowest BCUT2D eigenvalue weighted by atomic mass is 10.4. The first kappa shape index (κ1) is 15.4. The predicted molar refractivity (Wildman–Crippen MR) is 78.3 cm³/mol. The quantitative estimate of drug-likeness (QED) is 0.798. The summed E-state index contributed by atoms with van der Waals surface area (Å²) < 4.78 is 25.5. The molecule has 112 valence electrons. The van der Waals surface area contributed by atoms with Gasteiger partial charge in [0.05, 0.1) is 11.4 Å². The van der Waals surface area contributed by atoms with E-state index in [1.165, 1.54) is 15.6 Å². The van der Waals surface area contributed by atoms with Gasteiger partial charge in [-0.2, -0.15) is 4.31 Å². The number of anilines is 1. The molecule has 2 heterocycles. The highest BCUT2D eigenvalue weighted by Crippen LogP contribution is 2.14. The van der Waals surface area contributed by atoms with E-state index in [0.29, 0.717) is 31.3 Å². The minimum absolute atomic E-state index is 0.0507. The second-order valence-corrected chi connectivity index (χ2v) is 7.50. The number of piperazine rings is 1. The molecule has 20 heavy (non-hydrogen) atoms. The van der Waals surface area contributed by atoms with Crippen LogP contribution >= 0.6 is 11.3 Å². The lowest BCUT2D eigenvalue weighted by Gasteiger charge is -2.26. The molecule has 1 aliphatic rings. The zero-order chi connectivity index (χ0) is 14.6. The van der Waals surface area contributed by atoms with Crippen LogP contribution in [0.1, 0.15) is 12.1 Å². The molecule has 0 spiro atoms.